The van der Waals surface area contributed by atoms with Crippen LogP contribution in [0.1, 0.15) is 27.4 Å². The number of urea groups is 1. The number of nitrogens with zero attached hydrogens (tertiary/aromatic N) is 2. The minimum Gasteiger partial charge on any atom is -0.467 e. The Hall–Kier alpha value is -1.69. The predicted molar refractivity (Wildman–Crippen MR) is 73.1 cm³/mol. The minimum atomic E-state index is -4.85. The third-order valence-corrected chi connectivity index (χ3v) is 4.99. The molecule has 1 aromatic rings. The number of aryl methyl sites for hydroxylation is 1. The molecule has 0 saturated carbocycles. The SMILES string of the molecule is COC(=O)C1c2sc(C)cc2C2CN1C(=O)N2OS(=O)(=O)O. The number of methoxy groups -OCH3 is 1. The van der Waals surface area contributed by atoms with Crippen molar-refractivity contribution in [2.45, 2.75) is 19.0 Å². The number of hydrogen-bond donors (Lipinski definition) is 1. The molecule has 9 nitrogen and oxygen atoms in total. The Morgan fingerprint density at radius 3 is 2.77 bits per heavy atom. The minimum absolute atomic E-state index is 0.0668. The number of hydroxylamine groups is 2. The number of esters is 1. The molecule has 2 bridgehead atoms. The highest BCUT2D eigenvalue weighted by Gasteiger charge is 2.53. The Balaban J connectivity index is 2.09. The third kappa shape index (κ3) is 2.26. The first-order valence-electron chi connectivity index (χ1n) is 6.18. The van der Waals surface area contributed by atoms with E-state index in [0.29, 0.717) is 15.5 Å². The monoisotopic (exact) mass is 348 g/mol. The average Bonchev–Trinajstić information content (AvgIpc) is 2.92. The Morgan fingerprint density at radius 2 is 2.18 bits per heavy atom. The van der Waals surface area contributed by atoms with E-state index in [-0.39, 0.29) is 6.54 Å². The van der Waals surface area contributed by atoms with E-state index in [2.05, 4.69) is 4.28 Å². The fraction of sp³-hybridized carbons (Fsp3) is 0.455. The molecular formula is C11H12N2O7S2. The molecule has 120 valence electrons. The van der Waals surface area contributed by atoms with Gasteiger partial charge in [-0.25, -0.2) is 9.59 Å². The quantitative estimate of drug-likeness (QED) is 0.635. The van der Waals surface area contributed by atoms with Crippen LogP contribution in [0.5, 0.6) is 0 Å². The van der Waals surface area contributed by atoms with Gasteiger partial charge in [0.25, 0.3) is 0 Å². The molecule has 0 radical (unpaired) electrons. The van der Waals surface area contributed by atoms with Gasteiger partial charge in [0.15, 0.2) is 6.04 Å². The number of carbonyl (C=O) groups is 2. The maximum Gasteiger partial charge on any atom is 0.418 e. The zero-order valence-corrected chi connectivity index (χ0v) is 13.2. The Bertz CT molecular complexity index is 756. The summed E-state index contributed by atoms with van der Waals surface area (Å²) in [6.07, 6.45) is 0. The van der Waals surface area contributed by atoms with Crippen LogP contribution in [-0.2, 0) is 24.2 Å². The highest BCUT2D eigenvalue weighted by atomic mass is 32.3. The van der Waals surface area contributed by atoms with Crippen molar-refractivity contribution in [1.29, 1.82) is 0 Å². The van der Waals surface area contributed by atoms with Crippen molar-refractivity contribution >= 4 is 33.7 Å². The lowest BCUT2D eigenvalue weighted by molar-refractivity contribution is -0.146. The molecule has 22 heavy (non-hydrogen) atoms. The predicted octanol–water partition coefficient (Wildman–Crippen LogP) is 0.797. The molecule has 1 aromatic heterocycles. The van der Waals surface area contributed by atoms with Gasteiger partial charge in [0.2, 0.25) is 0 Å². The summed E-state index contributed by atoms with van der Waals surface area (Å²) in [5, 5.41) is 0.573. The molecule has 11 heteroatoms. The van der Waals surface area contributed by atoms with E-state index < -0.39 is 34.5 Å². The molecule has 0 spiro atoms. The van der Waals surface area contributed by atoms with Crippen molar-refractivity contribution in [3.05, 3.63) is 21.4 Å². The Kier molecular flexibility index (Phi) is 3.40. The number of rotatable bonds is 3. The van der Waals surface area contributed by atoms with Crippen molar-refractivity contribution < 1.29 is 31.6 Å². The summed E-state index contributed by atoms with van der Waals surface area (Å²) in [5.74, 6) is -0.622. The smallest absolute Gasteiger partial charge is 0.418 e. The van der Waals surface area contributed by atoms with Gasteiger partial charge >= 0.3 is 22.4 Å². The van der Waals surface area contributed by atoms with Crippen LogP contribution in [0, 0.1) is 6.92 Å². The van der Waals surface area contributed by atoms with E-state index in [4.69, 9.17) is 9.29 Å². The van der Waals surface area contributed by atoms with Crippen LogP contribution in [0.2, 0.25) is 0 Å². The second-order valence-electron chi connectivity index (χ2n) is 4.88. The molecule has 2 amide bonds. The van der Waals surface area contributed by atoms with E-state index in [9.17, 15) is 18.0 Å². The average molecular weight is 348 g/mol. The summed E-state index contributed by atoms with van der Waals surface area (Å²) < 4.78 is 39.8. The standard InChI is InChI=1S/C11H12N2O7S2/c1-5-3-6-7-4-12(8(9(6)21-5)10(14)19-2)11(15)13(7)20-22(16,17)18/h3,7-8H,4H2,1-2H3,(H,16,17,18). The highest BCUT2D eigenvalue weighted by molar-refractivity contribution is 7.80. The van der Waals surface area contributed by atoms with Crippen LogP contribution in [0.15, 0.2) is 6.07 Å². The van der Waals surface area contributed by atoms with Crippen molar-refractivity contribution in [3.8, 4) is 0 Å². The second kappa shape index (κ2) is 4.91. The van der Waals surface area contributed by atoms with Crippen LogP contribution < -0.4 is 0 Å². The fourth-order valence-electron chi connectivity index (χ4n) is 2.74. The molecule has 3 rings (SSSR count). The summed E-state index contributed by atoms with van der Waals surface area (Å²) in [6, 6.07) is -0.719. The van der Waals surface area contributed by atoms with Gasteiger partial charge in [0.1, 0.15) is 6.04 Å². The molecular weight excluding hydrogens is 336 g/mol. The Morgan fingerprint density at radius 1 is 1.50 bits per heavy atom. The number of hydrogen-bond acceptors (Lipinski definition) is 7. The first-order valence-corrected chi connectivity index (χ1v) is 8.36. The maximum absolute atomic E-state index is 12.3. The van der Waals surface area contributed by atoms with Crippen molar-refractivity contribution in [1.82, 2.24) is 9.96 Å². The summed E-state index contributed by atoms with van der Waals surface area (Å²) in [4.78, 5) is 27.0. The largest absolute Gasteiger partial charge is 0.467 e. The number of thiophene rings is 1. The summed E-state index contributed by atoms with van der Waals surface area (Å²) in [5.41, 5.74) is 0.614. The third-order valence-electron chi connectivity index (χ3n) is 3.52. The van der Waals surface area contributed by atoms with E-state index in [1.54, 1.807) is 6.07 Å². The lowest BCUT2D eigenvalue weighted by Gasteiger charge is -2.28. The van der Waals surface area contributed by atoms with Gasteiger partial charge in [-0.15, -0.1) is 15.6 Å². The molecule has 3 heterocycles. The molecule has 0 aromatic carbocycles. The van der Waals surface area contributed by atoms with Gasteiger partial charge < -0.3 is 9.64 Å². The molecule has 2 atom stereocenters. The number of fused-ring (bicyclic) bond motifs is 4. The van der Waals surface area contributed by atoms with Gasteiger partial charge in [-0.3, -0.25) is 4.55 Å². The molecule has 2 aliphatic heterocycles. The summed E-state index contributed by atoms with van der Waals surface area (Å²) >= 11 is 1.32. The number of ether oxygens (including phenoxy) is 1. The molecule has 1 N–H and O–H groups in total. The fourth-order valence-corrected chi connectivity index (χ4v) is 4.29. The molecule has 2 aliphatic rings. The zero-order chi connectivity index (χ0) is 16.2. The van der Waals surface area contributed by atoms with E-state index in [1.165, 1.54) is 23.3 Å². The van der Waals surface area contributed by atoms with Gasteiger partial charge in [-0.1, -0.05) is 0 Å². The number of amides is 2. The van der Waals surface area contributed by atoms with Crippen molar-refractivity contribution in [2.24, 2.45) is 0 Å². The van der Waals surface area contributed by atoms with E-state index in [0.717, 1.165) is 4.88 Å². The van der Waals surface area contributed by atoms with Crippen LogP contribution in [0.4, 0.5) is 4.79 Å². The van der Waals surface area contributed by atoms with Crippen molar-refractivity contribution in [3.63, 3.8) is 0 Å². The first kappa shape index (κ1) is 15.2. The zero-order valence-electron chi connectivity index (χ0n) is 11.5. The summed E-state index contributed by atoms with van der Waals surface area (Å²) in [6.45, 7) is 1.90. The van der Waals surface area contributed by atoms with Crippen LogP contribution in [0.25, 0.3) is 0 Å². The van der Waals surface area contributed by atoms with Crippen molar-refractivity contribution in [2.75, 3.05) is 13.7 Å². The number of carbonyl (C=O) groups excluding carboxylic acids is 2. The lowest BCUT2D eigenvalue weighted by Crippen LogP contribution is -2.38. The van der Waals surface area contributed by atoms with Gasteiger partial charge in [-0.2, -0.15) is 13.5 Å². The lowest BCUT2D eigenvalue weighted by atomic mass is 9.99. The highest BCUT2D eigenvalue weighted by Crippen LogP contribution is 2.47. The van der Waals surface area contributed by atoms with Crippen LogP contribution in [0.3, 0.4) is 0 Å². The van der Waals surface area contributed by atoms with E-state index >= 15 is 0 Å². The summed E-state index contributed by atoms with van der Waals surface area (Å²) in [7, 11) is -3.64. The van der Waals surface area contributed by atoms with Crippen LogP contribution >= 0.6 is 11.3 Å². The molecule has 1 saturated heterocycles. The molecule has 2 unspecified atom stereocenters. The second-order valence-corrected chi connectivity index (χ2v) is 7.17. The Labute approximate surface area is 129 Å². The van der Waals surface area contributed by atoms with Crippen LogP contribution in [-0.4, -0.2) is 48.6 Å². The topological polar surface area (TPSA) is 113 Å². The van der Waals surface area contributed by atoms with Gasteiger partial charge in [0.05, 0.1) is 13.7 Å². The normalized spacial score (nSPS) is 23.7. The van der Waals surface area contributed by atoms with Gasteiger partial charge in [0, 0.05) is 9.75 Å². The molecule has 0 aliphatic carbocycles. The maximum atomic E-state index is 12.3. The van der Waals surface area contributed by atoms with Gasteiger partial charge in [-0.05, 0) is 18.6 Å². The van der Waals surface area contributed by atoms with E-state index in [1.807, 2.05) is 6.92 Å². The molecule has 1 fully saturated rings. The first-order chi connectivity index (χ1) is 10.2.